The topological polar surface area (TPSA) is 47.4 Å². The SMILES string of the molecule is CC(C)(Oc1ccc(Cl)cc1)C(=O)N1C2CCC1CC(n1cc(Cl)cn1)C2. The van der Waals surface area contributed by atoms with Crippen LogP contribution in [0.25, 0.3) is 0 Å². The number of ether oxygens (including phenoxy) is 1. The first-order chi connectivity index (χ1) is 12.8. The number of amides is 1. The molecule has 5 nitrogen and oxygen atoms in total. The number of benzene rings is 1. The number of halogens is 2. The summed E-state index contributed by atoms with van der Waals surface area (Å²) in [7, 11) is 0. The molecule has 3 heterocycles. The monoisotopic (exact) mass is 407 g/mol. The molecule has 2 aromatic rings. The van der Waals surface area contributed by atoms with Gasteiger partial charge >= 0.3 is 0 Å². The van der Waals surface area contributed by atoms with Gasteiger partial charge in [0.05, 0.1) is 17.3 Å². The Kier molecular flexibility index (Phi) is 4.85. The van der Waals surface area contributed by atoms with E-state index in [1.54, 1.807) is 30.5 Å². The largest absolute Gasteiger partial charge is 0.478 e. The van der Waals surface area contributed by atoms with E-state index in [-0.39, 0.29) is 18.0 Å². The fourth-order valence-electron chi connectivity index (χ4n) is 4.36. The summed E-state index contributed by atoms with van der Waals surface area (Å²) >= 11 is 12.0. The van der Waals surface area contributed by atoms with Crippen LogP contribution in [0.3, 0.4) is 0 Å². The minimum Gasteiger partial charge on any atom is -0.478 e. The van der Waals surface area contributed by atoms with Crippen LogP contribution >= 0.6 is 23.2 Å². The van der Waals surface area contributed by atoms with Gasteiger partial charge in [0.1, 0.15) is 5.75 Å². The normalized spacial score (nSPS) is 24.9. The van der Waals surface area contributed by atoms with Crippen LogP contribution < -0.4 is 4.74 Å². The van der Waals surface area contributed by atoms with E-state index in [0.29, 0.717) is 21.8 Å². The van der Waals surface area contributed by atoms with Crippen molar-refractivity contribution in [1.82, 2.24) is 14.7 Å². The molecule has 2 fully saturated rings. The molecule has 27 heavy (non-hydrogen) atoms. The van der Waals surface area contributed by atoms with Crippen molar-refractivity contribution in [2.75, 3.05) is 0 Å². The minimum atomic E-state index is -0.934. The fourth-order valence-corrected chi connectivity index (χ4v) is 4.63. The second kappa shape index (κ2) is 7.02. The number of nitrogens with zero attached hydrogens (tertiary/aromatic N) is 3. The number of aromatic nitrogens is 2. The van der Waals surface area contributed by atoms with E-state index in [4.69, 9.17) is 27.9 Å². The Bertz CT molecular complexity index is 820. The molecule has 2 aliphatic heterocycles. The van der Waals surface area contributed by atoms with Gasteiger partial charge < -0.3 is 9.64 Å². The zero-order valence-electron chi connectivity index (χ0n) is 15.4. The second-order valence-corrected chi connectivity index (χ2v) is 8.80. The number of rotatable bonds is 4. The summed E-state index contributed by atoms with van der Waals surface area (Å²) in [4.78, 5) is 15.4. The number of hydrogen-bond donors (Lipinski definition) is 0. The van der Waals surface area contributed by atoms with Crippen LogP contribution in [0, 0.1) is 0 Å². The van der Waals surface area contributed by atoms with Crippen LogP contribution in [0.2, 0.25) is 10.0 Å². The predicted octanol–water partition coefficient (Wildman–Crippen LogP) is 4.74. The number of carbonyl (C=O) groups is 1. The van der Waals surface area contributed by atoms with Crippen molar-refractivity contribution >= 4 is 29.1 Å². The Morgan fingerprint density at radius 1 is 1.07 bits per heavy atom. The summed E-state index contributed by atoms with van der Waals surface area (Å²) in [6.07, 6.45) is 7.40. The fraction of sp³-hybridized carbons (Fsp3) is 0.500. The molecule has 4 rings (SSSR count). The van der Waals surface area contributed by atoms with Gasteiger partial charge in [0.2, 0.25) is 0 Å². The first kappa shape index (κ1) is 18.6. The molecular weight excluding hydrogens is 385 g/mol. The Balaban J connectivity index is 1.48. The first-order valence-corrected chi connectivity index (χ1v) is 10.1. The van der Waals surface area contributed by atoms with Crippen molar-refractivity contribution in [2.45, 2.75) is 63.3 Å². The molecule has 2 aliphatic rings. The van der Waals surface area contributed by atoms with E-state index in [1.807, 2.05) is 24.7 Å². The van der Waals surface area contributed by atoms with Gasteiger partial charge in [-0.05, 0) is 63.8 Å². The van der Waals surface area contributed by atoms with Crippen LogP contribution in [0.15, 0.2) is 36.7 Å². The number of fused-ring (bicyclic) bond motifs is 2. The summed E-state index contributed by atoms with van der Waals surface area (Å²) in [5, 5.41) is 5.66. The van der Waals surface area contributed by atoms with E-state index in [0.717, 1.165) is 25.7 Å². The minimum absolute atomic E-state index is 0.0434. The van der Waals surface area contributed by atoms with Crippen LogP contribution in [-0.4, -0.2) is 38.3 Å². The highest BCUT2D eigenvalue weighted by Gasteiger charge is 2.48. The maximum absolute atomic E-state index is 13.3. The lowest BCUT2D eigenvalue weighted by Crippen LogP contribution is -2.55. The van der Waals surface area contributed by atoms with Gasteiger partial charge in [0.15, 0.2) is 5.60 Å². The van der Waals surface area contributed by atoms with Crippen molar-refractivity contribution in [1.29, 1.82) is 0 Å². The van der Waals surface area contributed by atoms with Crippen LogP contribution in [-0.2, 0) is 4.79 Å². The van der Waals surface area contributed by atoms with Crippen molar-refractivity contribution < 1.29 is 9.53 Å². The average Bonchev–Trinajstić information content (AvgIpc) is 3.17. The van der Waals surface area contributed by atoms with Crippen LogP contribution in [0.4, 0.5) is 0 Å². The van der Waals surface area contributed by atoms with Crippen molar-refractivity contribution in [3.63, 3.8) is 0 Å². The molecule has 0 aliphatic carbocycles. The lowest BCUT2D eigenvalue weighted by atomic mass is 9.95. The molecule has 1 aromatic heterocycles. The third-order valence-corrected chi connectivity index (χ3v) is 6.04. The summed E-state index contributed by atoms with van der Waals surface area (Å²) in [6, 6.07) is 7.84. The van der Waals surface area contributed by atoms with E-state index in [2.05, 4.69) is 10.00 Å². The Hall–Kier alpha value is -1.72. The highest BCUT2D eigenvalue weighted by atomic mass is 35.5. The summed E-state index contributed by atoms with van der Waals surface area (Å²) in [6.45, 7) is 3.67. The molecular formula is C20H23Cl2N3O2. The average molecular weight is 408 g/mol. The molecule has 1 aromatic carbocycles. The van der Waals surface area contributed by atoms with E-state index in [1.165, 1.54) is 0 Å². The zero-order chi connectivity index (χ0) is 19.2. The molecule has 0 saturated carbocycles. The van der Waals surface area contributed by atoms with Gasteiger partial charge in [-0.3, -0.25) is 9.48 Å². The van der Waals surface area contributed by atoms with Crippen molar-refractivity contribution in [3.05, 3.63) is 46.7 Å². The molecule has 2 unspecified atom stereocenters. The van der Waals surface area contributed by atoms with Gasteiger partial charge in [-0.25, -0.2) is 0 Å². The Morgan fingerprint density at radius 3 is 2.26 bits per heavy atom. The van der Waals surface area contributed by atoms with Gasteiger partial charge in [-0.2, -0.15) is 5.10 Å². The lowest BCUT2D eigenvalue weighted by Gasteiger charge is -2.42. The lowest BCUT2D eigenvalue weighted by molar-refractivity contribution is -0.150. The zero-order valence-corrected chi connectivity index (χ0v) is 17.0. The molecule has 1 amide bonds. The Morgan fingerprint density at radius 2 is 1.70 bits per heavy atom. The van der Waals surface area contributed by atoms with Gasteiger partial charge in [-0.15, -0.1) is 0 Å². The third-order valence-electron chi connectivity index (χ3n) is 5.59. The molecule has 7 heteroatoms. The Labute approximate surface area is 169 Å². The molecule has 0 N–H and O–H groups in total. The highest BCUT2D eigenvalue weighted by molar-refractivity contribution is 6.30. The van der Waals surface area contributed by atoms with Gasteiger partial charge in [0, 0.05) is 23.3 Å². The van der Waals surface area contributed by atoms with Crippen LogP contribution in [0.1, 0.15) is 45.6 Å². The van der Waals surface area contributed by atoms with Crippen molar-refractivity contribution in [3.8, 4) is 5.75 Å². The summed E-state index contributed by atoms with van der Waals surface area (Å²) in [5.74, 6) is 0.688. The van der Waals surface area contributed by atoms with Crippen molar-refractivity contribution in [2.24, 2.45) is 0 Å². The number of hydrogen-bond acceptors (Lipinski definition) is 3. The molecule has 2 saturated heterocycles. The number of carbonyl (C=O) groups excluding carboxylic acids is 1. The molecule has 0 radical (unpaired) electrons. The maximum atomic E-state index is 13.3. The third kappa shape index (κ3) is 3.67. The second-order valence-electron chi connectivity index (χ2n) is 7.93. The van der Waals surface area contributed by atoms with Gasteiger partial charge in [-0.1, -0.05) is 23.2 Å². The molecule has 2 atom stereocenters. The van der Waals surface area contributed by atoms with Crippen LogP contribution in [0.5, 0.6) is 5.75 Å². The van der Waals surface area contributed by atoms with Gasteiger partial charge in [0.25, 0.3) is 5.91 Å². The highest BCUT2D eigenvalue weighted by Crippen LogP contribution is 2.42. The van der Waals surface area contributed by atoms with E-state index < -0.39 is 5.60 Å². The smallest absolute Gasteiger partial charge is 0.266 e. The standard InChI is InChI=1S/C20H23Cl2N3O2/c1-20(2,27-18-7-3-13(21)4-8-18)19(26)25-15-5-6-16(25)10-17(9-15)24-12-14(22)11-23-24/h3-4,7-8,11-12,15-17H,5-6,9-10H2,1-2H3. The summed E-state index contributed by atoms with van der Waals surface area (Å²) < 4.78 is 7.98. The molecule has 2 bridgehead atoms. The van der Waals surface area contributed by atoms with E-state index >= 15 is 0 Å². The van der Waals surface area contributed by atoms with E-state index in [9.17, 15) is 4.79 Å². The summed E-state index contributed by atoms with van der Waals surface area (Å²) in [5.41, 5.74) is -0.934. The maximum Gasteiger partial charge on any atom is 0.266 e. The number of piperidine rings is 1. The predicted molar refractivity (Wildman–Crippen MR) is 105 cm³/mol. The molecule has 144 valence electrons. The molecule has 0 spiro atoms. The quantitative estimate of drug-likeness (QED) is 0.734. The first-order valence-electron chi connectivity index (χ1n) is 9.30.